The Morgan fingerprint density at radius 2 is 1.72 bits per heavy atom. The summed E-state index contributed by atoms with van der Waals surface area (Å²) in [6.45, 7) is -0.0109. The van der Waals surface area contributed by atoms with Gasteiger partial charge in [0.25, 0.3) is 0 Å². The first kappa shape index (κ1) is 11.9. The van der Waals surface area contributed by atoms with Crippen molar-refractivity contribution in [3.05, 3.63) is 70.2 Å². The molecular weight excluding hydrogens is 292 g/mol. The lowest BCUT2D eigenvalue weighted by molar-refractivity contribution is 0.172. The summed E-state index contributed by atoms with van der Waals surface area (Å²) in [7, 11) is 0. The van der Waals surface area contributed by atoms with Crippen LogP contribution in [0.5, 0.6) is 0 Å². The number of aliphatic hydroxyl groups excluding tert-OH is 1. The molecule has 0 bridgehead atoms. The molecule has 0 spiro atoms. The fourth-order valence-electron chi connectivity index (χ4n) is 2.33. The van der Waals surface area contributed by atoms with E-state index in [1.807, 2.05) is 54.6 Å². The lowest BCUT2D eigenvalue weighted by Crippen LogP contribution is -2.15. The maximum Gasteiger partial charge on any atom is 0.147 e. The summed E-state index contributed by atoms with van der Waals surface area (Å²) in [5.41, 5.74) is 1.52. The Bertz CT molecular complexity index is 555. The smallest absolute Gasteiger partial charge is 0.147 e. The summed E-state index contributed by atoms with van der Waals surface area (Å²) in [5, 5.41) is 9.69. The summed E-state index contributed by atoms with van der Waals surface area (Å²) in [6, 6.07) is 17.8. The molecule has 0 saturated carbocycles. The highest BCUT2D eigenvalue weighted by Crippen LogP contribution is 2.57. The SMILES string of the molecule is OCC1(c2ccccc2)OC1c1ccccc1Br. The predicted octanol–water partition coefficient (Wildman–Crippen LogP) is 3.41. The largest absolute Gasteiger partial charge is 0.393 e. The molecule has 2 nitrogen and oxygen atoms in total. The molecule has 0 radical (unpaired) electrons. The molecule has 92 valence electrons. The second-order valence-electron chi connectivity index (χ2n) is 4.43. The molecule has 1 saturated heterocycles. The van der Waals surface area contributed by atoms with Gasteiger partial charge in [0.1, 0.15) is 11.7 Å². The van der Waals surface area contributed by atoms with Gasteiger partial charge in [-0.25, -0.2) is 0 Å². The molecule has 0 aliphatic carbocycles. The van der Waals surface area contributed by atoms with E-state index < -0.39 is 5.60 Å². The van der Waals surface area contributed by atoms with Crippen molar-refractivity contribution in [3.8, 4) is 0 Å². The number of rotatable bonds is 3. The molecule has 3 rings (SSSR count). The fraction of sp³-hybridized carbons (Fsp3) is 0.200. The number of benzene rings is 2. The minimum Gasteiger partial charge on any atom is -0.393 e. The Kier molecular flexibility index (Phi) is 2.98. The van der Waals surface area contributed by atoms with Gasteiger partial charge < -0.3 is 9.84 Å². The number of halogens is 1. The van der Waals surface area contributed by atoms with E-state index in [0.717, 1.165) is 15.6 Å². The van der Waals surface area contributed by atoms with Crippen LogP contribution in [0.1, 0.15) is 17.2 Å². The van der Waals surface area contributed by atoms with Gasteiger partial charge in [0, 0.05) is 4.47 Å². The van der Waals surface area contributed by atoms with E-state index in [0.29, 0.717) is 0 Å². The maximum atomic E-state index is 9.69. The summed E-state index contributed by atoms with van der Waals surface area (Å²) in [5.74, 6) is 0. The van der Waals surface area contributed by atoms with Gasteiger partial charge in [-0.05, 0) is 17.2 Å². The topological polar surface area (TPSA) is 32.8 Å². The molecule has 3 heteroatoms. The van der Waals surface area contributed by atoms with E-state index in [4.69, 9.17) is 4.74 Å². The summed E-state index contributed by atoms with van der Waals surface area (Å²) in [4.78, 5) is 0. The zero-order chi connectivity index (χ0) is 12.6. The van der Waals surface area contributed by atoms with Crippen LogP contribution in [0, 0.1) is 0 Å². The lowest BCUT2D eigenvalue weighted by Gasteiger charge is -2.10. The van der Waals surface area contributed by atoms with Crippen LogP contribution in [0.25, 0.3) is 0 Å². The third kappa shape index (κ3) is 1.79. The molecule has 1 N–H and O–H groups in total. The van der Waals surface area contributed by atoms with Gasteiger partial charge >= 0.3 is 0 Å². The average Bonchev–Trinajstić information content (AvgIpc) is 3.16. The number of hydrogen-bond acceptors (Lipinski definition) is 2. The van der Waals surface area contributed by atoms with Crippen molar-refractivity contribution in [1.82, 2.24) is 0 Å². The van der Waals surface area contributed by atoms with Crippen molar-refractivity contribution in [3.63, 3.8) is 0 Å². The monoisotopic (exact) mass is 304 g/mol. The van der Waals surface area contributed by atoms with Gasteiger partial charge in [0.2, 0.25) is 0 Å². The van der Waals surface area contributed by atoms with Crippen molar-refractivity contribution in [2.45, 2.75) is 11.7 Å². The van der Waals surface area contributed by atoms with Crippen LogP contribution < -0.4 is 0 Å². The zero-order valence-corrected chi connectivity index (χ0v) is 11.3. The normalized spacial score (nSPS) is 26.0. The quantitative estimate of drug-likeness (QED) is 0.882. The molecule has 0 aromatic heterocycles. The molecule has 1 heterocycles. The van der Waals surface area contributed by atoms with Gasteiger partial charge in [-0.3, -0.25) is 0 Å². The van der Waals surface area contributed by atoms with Gasteiger partial charge in [0.05, 0.1) is 6.61 Å². The first-order valence-corrected chi connectivity index (χ1v) is 6.66. The Morgan fingerprint density at radius 3 is 2.39 bits per heavy atom. The number of epoxide rings is 1. The van der Waals surface area contributed by atoms with Gasteiger partial charge in [-0.15, -0.1) is 0 Å². The van der Waals surface area contributed by atoms with E-state index >= 15 is 0 Å². The van der Waals surface area contributed by atoms with Crippen LogP contribution in [0.2, 0.25) is 0 Å². The standard InChI is InChI=1S/C15H13BrO2/c16-13-9-5-4-8-12(13)14-15(10-17,18-14)11-6-2-1-3-7-11/h1-9,14,17H,10H2. The lowest BCUT2D eigenvalue weighted by atomic mass is 9.92. The molecule has 2 aromatic rings. The minimum absolute atomic E-state index is 0.0109. The highest BCUT2D eigenvalue weighted by Gasteiger charge is 2.58. The van der Waals surface area contributed by atoms with E-state index in [9.17, 15) is 5.11 Å². The molecule has 2 atom stereocenters. The Labute approximate surface area is 114 Å². The van der Waals surface area contributed by atoms with Crippen LogP contribution in [0.3, 0.4) is 0 Å². The Hall–Kier alpha value is -1.16. The van der Waals surface area contributed by atoms with Crippen LogP contribution >= 0.6 is 15.9 Å². The number of hydrogen-bond donors (Lipinski definition) is 1. The van der Waals surface area contributed by atoms with Crippen LogP contribution in [-0.2, 0) is 10.3 Å². The maximum absolute atomic E-state index is 9.69. The van der Waals surface area contributed by atoms with Crippen molar-refractivity contribution in [2.24, 2.45) is 0 Å². The van der Waals surface area contributed by atoms with Crippen LogP contribution in [0.4, 0.5) is 0 Å². The Morgan fingerprint density at radius 1 is 1.06 bits per heavy atom. The molecule has 1 fully saturated rings. The molecular formula is C15H13BrO2. The minimum atomic E-state index is -0.578. The summed E-state index contributed by atoms with van der Waals surface area (Å²) in [6.07, 6.45) is -0.0829. The van der Waals surface area contributed by atoms with Crippen molar-refractivity contribution < 1.29 is 9.84 Å². The highest BCUT2D eigenvalue weighted by atomic mass is 79.9. The van der Waals surface area contributed by atoms with E-state index in [-0.39, 0.29) is 12.7 Å². The first-order valence-electron chi connectivity index (χ1n) is 5.86. The third-order valence-corrected chi connectivity index (χ3v) is 4.10. The van der Waals surface area contributed by atoms with Crippen molar-refractivity contribution in [2.75, 3.05) is 6.61 Å². The molecule has 0 amide bonds. The van der Waals surface area contributed by atoms with Crippen molar-refractivity contribution in [1.29, 1.82) is 0 Å². The van der Waals surface area contributed by atoms with E-state index in [2.05, 4.69) is 15.9 Å². The van der Waals surface area contributed by atoms with Gasteiger partial charge in [-0.1, -0.05) is 64.5 Å². The molecule has 2 aromatic carbocycles. The highest BCUT2D eigenvalue weighted by molar-refractivity contribution is 9.10. The molecule has 2 unspecified atom stereocenters. The second-order valence-corrected chi connectivity index (χ2v) is 5.29. The van der Waals surface area contributed by atoms with E-state index in [1.54, 1.807) is 0 Å². The van der Waals surface area contributed by atoms with Crippen LogP contribution in [-0.4, -0.2) is 11.7 Å². The number of aliphatic hydroxyl groups is 1. The fourth-order valence-corrected chi connectivity index (χ4v) is 2.82. The third-order valence-electron chi connectivity index (χ3n) is 3.38. The predicted molar refractivity (Wildman–Crippen MR) is 73.2 cm³/mol. The molecule has 18 heavy (non-hydrogen) atoms. The second kappa shape index (κ2) is 4.50. The summed E-state index contributed by atoms with van der Waals surface area (Å²) < 4.78 is 6.84. The Balaban J connectivity index is 1.97. The molecule has 1 aliphatic rings. The first-order chi connectivity index (χ1) is 8.78. The van der Waals surface area contributed by atoms with Crippen molar-refractivity contribution >= 4 is 15.9 Å². The van der Waals surface area contributed by atoms with Gasteiger partial charge in [-0.2, -0.15) is 0 Å². The van der Waals surface area contributed by atoms with Gasteiger partial charge in [0.15, 0.2) is 0 Å². The average molecular weight is 305 g/mol. The molecule has 1 aliphatic heterocycles. The van der Waals surface area contributed by atoms with E-state index in [1.165, 1.54) is 0 Å². The zero-order valence-electron chi connectivity index (χ0n) is 9.71. The number of ether oxygens (including phenoxy) is 1. The summed E-state index contributed by atoms with van der Waals surface area (Å²) >= 11 is 3.53. The van der Waals surface area contributed by atoms with Crippen LogP contribution in [0.15, 0.2) is 59.1 Å².